The molecule has 4 aromatic rings. The number of aryl methyl sites for hydroxylation is 2. The number of rotatable bonds is 8. The van der Waals surface area contributed by atoms with Gasteiger partial charge in [0.15, 0.2) is 11.5 Å². The Hall–Kier alpha value is -4.10. The standard InChI is InChI=1S/C25H31N9O4/c1-4-32-22-20(24(36)33(5-2)25(32)37)27-21(28-22)18-16-19(30(3)29-18)34(11-10-31-12-14-38-15-13-31)23(35)17-6-8-26-9-7-17/h6-9,16H,4-5,10-15H2,1-3H3,(H,27,28). The Morgan fingerprint density at radius 3 is 2.50 bits per heavy atom. The van der Waals surface area contributed by atoms with Crippen molar-refractivity contribution in [2.45, 2.75) is 26.9 Å². The van der Waals surface area contributed by atoms with Gasteiger partial charge in [0.05, 0.1) is 13.2 Å². The Morgan fingerprint density at radius 2 is 1.82 bits per heavy atom. The summed E-state index contributed by atoms with van der Waals surface area (Å²) < 4.78 is 9.72. The van der Waals surface area contributed by atoms with Crippen molar-refractivity contribution in [3.8, 4) is 11.5 Å². The lowest BCUT2D eigenvalue weighted by atomic mass is 10.2. The van der Waals surface area contributed by atoms with Gasteiger partial charge in [-0.1, -0.05) is 0 Å². The number of hydrogen-bond acceptors (Lipinski definition) is 8. The molecule has 38 heavy (non-hydrogen) atoms. The maximum Gasteiger partial charge on any atom is 0.332 e. The van der Waals surface area contributed by atoms with Gasteiger partial charge in [0.25, 0.3) is 11.5 Å². The molecule has 1 saturated heterocycles. The van der Waals surface area contributed by atoms with E-state index in [1.165, 1.54) is 9.13 Å². The van der Waals surface area contributed by atoms with Gasteiger partial charge in [-0.15, -0.1) is 0 Å². The lowest BCUT2D eigenvalue weighted by Crippen LogP contribution is -2.43. The average Bonchev–Trinajstić information content (AvgIpc) is 3.55. The fourth-order valence-electron chi connectivity index (χ4n) is 4.71. The first-order valence-electron chi connectivity index (χ1n) is 12.7. The summed E-state index contributed by atoms with van der Waals surface area (Å²) in [5, 5.41) is 4.60. The number of morpholine rings is 1. The van der Waals surface area contributed by atoms with E-state index in [0.29, 0.717) is 55.7 Å². The van der Waals surface area contributed by atoms with Gasteiger partial charge >= 0.3 is 5.69 Å². The predicted octanol–water partition coefficient (Wildman–Crippen LogP) is 0.701. The molecule has 1 N–H and O–H groups in total. The minimum atomic E-state index is -0.424. The van der Waals surface area contributed by atoms with Crippen molar-refractivity contribution in [3.63, 3.8) is 0 Å². The summed E-state index contributed by atoms with van der Waals surface area (Å²) in [7, 11) is 1.76. The number of aromatic amines is 1. The summed E-state index contributed by atoms with van der Waals surface area (Å²) in [6.07, 6.45) is 3.18. The molecule has 13 nitrogen and oxygen atoms in total. The molecule has 0 aliphatic carbocycles. The molecule has 0 bridgehead atoms. The highest BCUT2D eigenvalue weighted by molar-refractivity contribution is 6.05. The number of fused-ring (bicyclic) bond motifs is 1. The first kappa shape index (κ1) is 25.5. The third-order valence-electron chi connectivity index (χ3n) is 6.78. The van der Waals surface area contributed by atoms with Crippen LogP contribution in [0.2, 0.25) is 0 Å². The van der Waals surface area contributed by atoms with Gasteiger partial charge in [-0.3, -0.25) is 38.2 Å². The highest BCUT2D eigenvalue weighted by atomic mass is 16.5. The van der Waals surface area contributed by atoms with Crippen LogP contribution in [-0.4, -0.2) is 84.1 Å². The van der Waals surface area contributed by atoms with E-state index in [0.717, 1.165) is 13.1 Å². The quantitative estimate of drug-likeness (QED) is 0.358. The molecular formula is C25H31N9O4. The third-order valence-corrected chi connectivity index (χ3v) is 6.78. The average molecular weight is 522 g/mol. The summed E-state index contributed by atoms with van der Waals surface area (Å²) in [4.78, 5) is 54.9. The molecule has 0 saturated carbocycles. The Morgan fingerprint density at radius 1 is 1.11 bits per heavy atom. The predicted molar refractivity (Wildman–Crippen MR) is 141 cm³/mol. The van der Waals surface area contributed by atoms with Crippen LogP contribution >= 0.6 is 0 Å². The molecule has 1 aliphatic rings. The molecule has 1 amide bonds. The van der Waals surface area contributed by atoms with Gasteiger partial charge in [-0.25, -0.2) is 9.78 Å². The first-order chi connectivity index (χ1) is 18.4. The third kappa shape index (κ3) is 4.65. The van der Waals surface area contributed by atoms with Crippen molar-refractivity contribution in [2.24, 2.45) is 7.05 Å². The number of nitrogens with zero attached hydrogens (tertiary/aromatic N) is 8. The van der Waals surface area contributed by atoms with Crippen LogP contribution in [-0.2, 0) is 24.9 Å². The Labute approximate surface area is 218 Å². The fraction of sp³-hybridized carbons (Fsp3) is 0.440. The summed E-state index contributed by atoms with van der Waals surface area (Å²) in [6, 6.07) is 5.13. The number of carbonyl (C=O) groups excluding carboxylic acids is 1. The van der Waals surface area contributed by atoms with Crippen molar-refractivity contribution >= 4 is 22.9 Å². The van der Waals surface area contributed by atoms with Crippen LogP contribution in [0.1, 0.15) is 24.2 Å². The fourth-order valence-corrected chi connectivity index (χ4v) is 4.71. The Bertz CT molecular complexity index is 1560. The van der Waals surface area contributed by atoms with E-state index >= 15 is 0 Å². The lowest BCUT2D eigenvalue weighted by Gasteiger charge is -2.30. The first-order valence-corrected chi connectivity index (χ1v) is 12.7. The Kier molecular flexibility index (Phi) is 7.20. The second-order valence-electron chi connectivity index (χ2n) is 9.02. The number of anilines is 1. The molecule has 200 valence electrons. The highest BCUT2D eigenvalue weighted by Crippen LogP contribution is 2.24. The maximum absolute atomic E-state index is 13.6. The molecule has 0 radical (unpaired) electrons. The topological polar surface area (TPSA) is 136 Å². The van der Waals surface area contributed by atoms with Crippen LogP contribution in [0.3, 0.4) is 0 Å². The molecular weight excluding hydrogens is 490 g/mol. The van der Waals surface area contributed by atoms with Gasteiger partial charge in [0.2, 0.25) is 0 Å². The van der Waals surface area contributed by atoms with E-state index in [1.54, 1.807) is 54.1 Å². The van der Waals surface area contributed by atoms with Crippen molar-refractivity contribution in [1.82, 2.24) is 38.8 Å². The van der Waals surface area contributed by atoms with Crippen molar-refractivity contribution in [1.29, 1.82) is 0 Å². The zero-order valence-corrected chi connectivity index (χ0v) is 21.8. The zero-order valence-electron chi connectivity index (χ0n) is 21.8. The molecule has 0 unspecified atom stereocenters. The van der Waals surface area contributed by atoms with E-state index in [9.17, 15) is 14.4 Å². The van der Waals surface area contributed by atoms with Crippen LogP contribution < -0.4 is 16.1 Å². The molecule has 0 spiro atoms. The van der Waals surface area contributed by atoms with Gasteiger partial charge < -0.3 is 9.72 Å². The van der Waals surface area contributed by atoms with E-state index in [2.05, 4.69) is 25.0 Å². The number of nitrogens with one attached hydrogen (secondary N) is 1. The summed E-state index contributed by atoms with van der Waals surface area (Å²) in [5.74, 6) is 0.749. The molecule has 13 heteroatoms. The van der Waals surface area contributed by atoms with E-state index in [-0.39, 0.29) is 23.6 Å². The monoisotopic (exact) mass is 521 g/mol. The van der Waals surface area contributed by atoms with Gasteiger partial charge in [-0.2, -0.15) is 5.10 Å². The number of imidazole rings is 1. The van der Waals surface area contributed by atoms with Crippen LogP contribution in [0.25, 0.3) is 22.7 Å². The molecule has 1 fully saturated rings. The van der Waals surface area contributed by atoms with E-state index in [4.69, 9.17) is 4.74 Å². The number of ether oxygens (including phenoxy) is 1. The minimum Gasteiger partial charge on any atom is -0.379 e. The number of hydrogen-bond donors (Lipinski definition) is 1. The van der Waals surface area contributed by atoms with Crippen molar-refractivity contribution < 1.29 is 9.53 Å². The lowest BCUT2D eigenvalue weighted by molar-refractivity contribution is 0.0390. The van der Waals surface area contributed by atoms with Crippen LogP contribution in [0.15, 0.2) is 40.2 Å². The minimum absolute atomic E-state index is 0.175. The zero-order chi connectivity index (χ0) is 26.8. The van der Waals surface area contributed by atoms with Crippen LogP contribution in [0, 0.1) is 0 Å². The number of aromatic nitrogens is 7. The molecule has 0 aromatic carbocycles. The summed E-state index contributed by atoms with van der Waals surface area (Å²) in [5.41, 5.74) is 0.672. The van der Waals surface area contributed by atoms with Crippen LogP contribution in [0.4, 0.5) is 5.82 Å². The van der Waals surface area contributed by atoms with Gasteiger partial charge in [0, 0.05) is 70.3 Å². The maximum atomic E-state index is 13.6. The molecule has 0 atom stereocenters. The molecule has 4 aromatic heterocycles. The molecule has 1 aliphatic heterocycles. The number of pyridine rings is 1. The van der Waals surface area contributed by atoms with Gasteiger partial charge in [0.1, 0.15) is 17.0 Å². The summed E-state index contributed by atoms with van der Waals surface area (Å²) >= 11 is 0. The normalized spacial score (nSPS) is 14.3. The van der Waals surface area contributed by atoms with E-state index in [1.807, 2.05) is 6.92 Å². The van der Waals surface area contributed by atoms with E-state index < -0.39 is 11.2 Å². The molecule has 5 heterocycles. The smallest absolute Gasteiger partial charge is 0.332 e. The van der Waals surface area contributed by atoms with Crippen molar-refractivity contribution in [3.05, 3.63) is 57.0 Å². The second kappa shape index (κ2) is 10.7. The summed E-state index contributed by atoms with van der Waals surface area (Å²) in [6.45, 7) is 8.27. The van der Waals surface area contributed by atoms with Crippen LogP contribution in [0.5, 0.6) is 0 Å². The van der Waals surface area contributed by atoms with Crippen molar-refractivity contribution in [2.75, 3.05) is 44.3 Å². The molecule has 5 rings (SSSR count). The second-order valence-corrected chi connectivity index (χ2v) is 9.02. The highest BCUT2D eigenvalue weighted by Gasteiger charge is 2.25. The SMILES string of the molecule is CCn1c(=O)c2[nH]c(-c3cc(N(CCN4CCOCC4)C(=O)c4ccncc4)n(C)n3)nc2n(CC)c1=O. The number of H-pyrrole nitrogens is 1. The largest absolute Gasteiger partial charge is 0.379 e. The Balaban J connectivity index is 1.54. The van der Waals surface area contributed by atoms with Gasteiger partial charge in [-0.05, 0) is 26.0 Å². The number of amides is 1. The number of carbonyl (C=O) groups is 1.